The van der Waals surface area contributed by atoms with Gasteiger partial charge in [0.05, 0.1) is 24.3 Å². The van der Waals surface area contributed by atoms with E-state index in [-0.39, 0.29) is 11.8 Å². The molecular formula is C21H26N2O5. The quantitative estimate of drug-likeness (QED) is 0.678. The van der Waals surface area contributed by atoms with Gasteiger partial charge < -0.3 is 20.2 Å². The summed E-state index contributed by atoms with van der Waals surface area (Å²) in [4.78, 5) is 35.8. The van der Waals surface area contributed by atoms with Crippen molar-refractivity contribution in [3.05, 3.63) is 59.5 Å². The molecule has 0 spiro atoms. The van der Waals surface area contributed by atoms with Crippen molar-refractivity contribution in [2.24, 2.45) is 0 Å². The van der Waals surface area contributed by atoms with E-state index in [0.29, 0.717) is 11.1 Å². The monoisotopic (exact) mass is 386 g/mol. The molecule has 150 valence electrons. The number of amides is 2. The molecule has 1 heterocycles. The zero-order valence-corrected chi connectivity index (χ0v) is 16.5. The van der Waals surface area contributed by atoms with Gasteiger partial charge in [-0.05, 0) is 29.5 Å². The Morgan fingerprint density at radius 3 is 2.21 bits per heavy atom. The van der Waals surface area contributed by atoms with Crippen molar-refractivity contribution in [1.82, 2.24) is 10.6 Å². The van der Waals surface area contributed by atoms with Crippen LogP contribution in [0, 0.1) is 0 Å². The zero-order valence-electron chi connectivity index (χ0n) is 16.5. The Morgan fingerprint density at radius 1 is 1.07 bits per heavy atom. The van der Waals surface area contributed by atoms with E-state index in [1.165, 1.54) is 25.5 Å². The number of carboxylic acid groups (broad SMARTS) is 1. The maximum absolute atomic E-state index is 12.5. The Balaban J connectivity index is 2.09. The van der Waals surface area contributed by atoms with Crippen LogP contribution in [0.15, 0.2) is 47.3 Å². The number of furan rings is 1. The zero-order chi connectivity index (χ0) is 20.9. The summed E-state index contributed by atoms with van der Waals surface area (Å²) in [5.74, 6) is -1.94. The van der Waals surface area contributed by atoms with Gasteiger partial charge in [0.15, 0.2) is 0 Å². The second kappa shape index (κ2) is 8.73. The number of carboxylic acids is 1. The lowest BCUT2D eigenvalue weighted by molar-refractivity contribution is -0.137. The molecule has 2 amide bonds. The Hall–Kier alpha value is -3.09. The van der Waals surface area contributed by atoms with Crippen LogP contribution in [0.4, 0.5) is 0 Å². The number of hydrogen-bond acceptors (Lipinski definition) is 4. The number of carbonyl (C=O) groups is 3. The highest BCUT2D eigenvalue weighted by Gasteiger charge is 2.23. The van der Waals surface area contributed by atoms with Gasteiger partial charge in [-0.1, -0.05) is 45.0 Å². The van der Waals surface area contributed by atoms with Gasteiger partial charge >= 0.3 is 5.97 Å². The molecule has 0 radical (unpaired) electrons. The van der Waals surface area contributed by atoms with Gasteiger partial charge in [0.1, 0.15) is 12.3 Å². The number of hydrogen-bond donors (Lipinski definition) is 3. The molecule has 0 saturated heterocycles. The van der Waals surface area contributed by atoms with Gasteiger partial charge in [0.25, 0.3) is 5.91 Å². The molecule has 7 heteroatoms. The predicted molar refractivity (Wildman–Crippen MR) is 104 cm³/mol. The maximum Gasteiger partial charge on any atom is 0.305 e. The minimum Gasteiger partial charge on any atom is -0.481 e. The summed E-state index contributed by atoms with van der Waals surface area (Å²) in [5, 5.41) is 14.5. The molecule has 0 aliphatic heterocycles. The van der Waals surface area contributed by atoms with Crippen LogP contribution < -0.4 is 10.6 Å². The summed E-state index contributed by atoms with van der Waals surface area (Å²) in [6.45, 7) is 7.79. The van der Waals surface area contributed by atoms with Gasteiger partial charge in [0, 0.05) is 0 Å². The third-order valence-corrected chi connectivity index (χ3v) is 4.40. The first-order valence-electron chi connectivity index (χ1n) is 9.03. The van der Waals surface area contributed by atoms with Gasteiger partial charge in [-0.25, -0.2) is 0 Å². The summed E-state index contributed by atoms with van der Waals surface area (Å²) in [7, 11) is 0. The average Bonchev–Trinajstić information content (AvgIpc) is 3.14. The van der Waals surface area contributed by atoms with Gasteiger partial charge in [-0.15, -0.1) is 0 Å². The maximum atomic E-state index is 12.5. The van der Waals surface area contributed by atoms with Crippen LogP contribution >= 0.6 is 0 Å². The molecular weight excluding hydrogens is 360 g/mol. The molecule has 28 heavy (non-hydrogen) atoms. The molecule has 1 aromatic heterocycles. The number of nitrogens with one attached hydrogen (secondary N) is 2. The predicted octanol–water partition coefficient (Wildman–Crippen LogP) is 3.03. The topological polar surface area (TPSA) is 109 Å². The average molecular weight is 386 g/mol. The molecule has 3 N–H and O–H groups in total. The summed E-state index contributed by atoms with van der Waals surface area (Å²) in [6.07, 6.45) is 2.39. The fraction of sp³-hybridized carbons (Fsp3) is 0.381. The minimum atomic E-state index is -1.03. The molecule has 7 nitrogen and oxygen atoms in total. The highest BCUT2D eigenvalue weighted by molar-refractivity contribution is 5.97. The summed E-state index contributed by atoms with van der Waals surface area (Å²) < 4.78 is 4.85. The molecule has 0 bridgehead atoms. The third kappa shape index (κ3) is 5.70. The number of carbonyl (C=O) groups excluding carboxylic acids is 2. The van der Waals surface area contributed by atoms with E-state index >= 15 is 0 Å². The van der Waals surface area contributed by atoms with Crippen LogP contribution in [0.1, 0.15) is 61.6 Å². The minimum absolute atomic E-state index is 0.0318. The highest BCUT2D eigenvalue weighted by Crippen LogP contribution is 2.25. The first-order valence-corrected chi connectivity index (χ1v) is 9.03. The molecule has 0 aliphatic rings. The molecule has 2 aromatic rings. The smallest absolute Gasteiger partial charge is 0.305 e. The van der Waals surface area contributed by atoms with Crippen molar-refractivity contribution in [2.75, 3.05) is 0 Å². The third-order valence-electron chi connectivity index (χ3n) is 4.40. The lowest BCUT2D eigenvalue weighted by atomic mass is 9.86. The van der Waals surface area contributed by atoms with Crippen molar-refractivity contribution in [3.8, 4) is 0 Å². The second-order valence-electron chi connectivity index (χ2n) is 7.74. The summed E-state index contributed by atoms with van der Waals surface area (Å²) in [6, 6.07) is 7.46. The SMILES string of the molecule is CC(NC(=O)c1ccoc1)C(=O)NC(CC(=O)O)c1ccc(C(C)(C)C)cc1. The summed E-state index contributed by atoms with van der Waals surface area (Å²) in [5.41, 5.74) is 2.07. The Morgan fingerprint density at radius 2 is 1.71 bits per heavy atom. The summed E-state index contributed by atoms with van der Waals surface area (Å²) >= 11 is 0. The van der Waals surface area contributed by atoms with Crippen LogP contribution in [-0.4, -0.2) is 28.9 Å². The van der Waals surface area contributed by atoms with Gasteiger partial charge in [-0.2, -0.15) is 0 Å². The van der Waals surface area contributed by atoms with E-state index in [9.17, 15) is 19.5 Å². The van der Waals surface area contributed by atoms with E-state index in [1.807, 2.05) is 24.3 Å². The number of benzene rings is 1. The van der Waals surface area contributed by atoms with Crippen LogP contribution in [0.25, 0.3) is 0 Å². The van der Waals surface area contributed by atoms with E-state index in [1.54, 1.807) is 0 Å². The van der Waals surface area contributed by atoms with E-state index in [0.717, 1.165) is 5.56 Å². The normalized spacial score (nSPS) is 13.4. The molecule has 2 unspecified atom stereocenters. The highest BCUT2D eigenvalue weighted by atomic mass is 16.4. The van der Waals surface area contributed by atoms with Crippen molar-refractivity contribution in [3.63, 3.8) is 0 Å². The first kappa shape index (κ1) is 21.2. The molecule has 2 atom stereocenters. The van der Waals surface area contributed by atoms with E-state index in [4.69, 9.17) is 4.42 Å². The van der Waals surface area contributed by atoms with Gasteiger partial charge in [-0.3, -0.25) is 14.4 Å². The van der Waals surface area contributed by atoms with E-state index < -0.39 is 29.9 Å². The Labute approximate surface area is 164 Å². The fourth-order valence-electron chi connectivity index (χ4n) is 2.68. The Kier molecular flexibility index (Phi) is 6.62. The molecule has 0 fully saturated rings. The van der Waals surface area contributed by atoms with Crippen molar-refractivity contribution in [1.29, 1.82) is 0 Å². The molecule has 2 rings (SSSR count). The van der Waals surface area contributed by atoms with Gasteiger partial charge in [0.2, 0.25) is 5.91 Å². The van der Waals surface area contributed by atoms with Crippen LogP contribution in [0.5, 0.6) is 0 Å². The first-order chi connectivity index (χ1) is 13.1. The standard InChI is InChI=1S/C21H26N2O5/c1-13(22-20(27)15-9-10-28-12-15)19(26)23-17(11-18(24)25)14-5-7-16(8-6-14)21(2,3)4/h5-10,12-13,17H,11H2,1-4H3,(H,22,27)(H,23,26)(H,24,25). The van der Waals surface area contributed by atoms with Crippen molar-refractivity contribution in [2.45, 2.75) is 51.6 Å². The molecule has 1 aromatic carbocycles. The fourth-order valence-corrected chi connectivity index (χ4v) is 2.68. The van der Waals surface area contributed by atoms with Crippen LogP contribution in [-0.2, 0) is 15.0 Å². The van der Waals surface area contributed by atoms with E-state index in [2.05, 4.69) is 31.4 Å². The lowest BCUT2D eigenvalue weighted by Crippen LogP contribution is -2.46. The molecule has 0 aliphatic carbocycles. The van der Waals surface area contributed by atoms with Crippen LogP contribution in [0.2, 0.25) is 0 Å². The largest absolute Gasteiger partial charge is 0.481 e. The van der Waals surface area contributed by atoms with Crippen molar-refractivity contribution < 1.29 is 23.9 Å². The number of aliphatic carboxylic acids is 1. The number of rotatable bonds is 7. The Bertz CT molecular complexity index is 819. The lowest BCUT2D eigenvalue weighted by Gasteiger charge is -2.23. The van der Waals surface area contributed by atoms with Crippen LogP contribution in [0.3, 0.4) is 0 Å². The van der Waals surface area contributed by atoms with Crippen molar-refractivity contribution >= 4 is 17.8 Å². The molecule has 0 saturated carbocycles. The second-order valence-corrected chi connectivity index (χ2v) is 7.74.